The first-order chi connectivity index (χ1) is 8.13. The summed E-state index contributed by atoms with van der Waals surface area (Å²) in [4.78, 5) is 22.6. The minimum atomic E-state index is -0.746. The van der Waals surface area contributed by atoms with Gasteiger partial charge in [-0.15, -0.1) is 6.58 Å². The average molecular weight is 232 g/mol. The van der Waals surface area contributed by atoms with Crippen LogP contribution in [-0.4, -0.2) is 17.0 Å². The molecule has 17 heavy (non-hydrogen) atoms. The number of hydrogen-bond donors (Lipinski definition) is 3. The van der Waals surface area contributed by atoms with Gasteiger partial charge in [0.2, 0.25) is 0 Å². The van der Waals surface area contributed by atoms with Crippen LogP contribution in [0, 0.1) is 0 Å². The van der Waals surface area contributed by atoms with Crippen molar-refractivity contribution >= 4 is 11.9 Å². The van der Waals surface area contributed by atoms with Gasteiger partial charge in [0.25, 0.3) is 5.91 Å². The summed E-state index contributed by atoms with van der Waals surface area (Å²) in [7, 11) is 0. The second-order valence-electron chi connectivity index (χ2n) is 3.73. The SMILES string of the molecule is C=CCc1c(O)cccc1C1NC(=O)NC1=O. The highest BCUT2D eigenvalue weighted by Crippen LogP contribution is 2.28. The van der Waals surface area contributed by atoms with Gasteiger partial charge in [0.1, 0.15) is 11.8 Å². The summed E-state index contributed by atoms with van der Waals surface area (Å²) in [5.74, 6) is -0.317. The van der Waals surface area contributed by atoms with Crippen molar-refractivity contribution in [3.8, 4) is 5.75 Å². The predicted octanol–water partition coefficient (Wildman–Crippen LogP) is 1.00. The Morgan fingerprint density at radius 1 is 1.41 bits per heavy atom. The zero-order chi connectivity index (χ0) is 12.4. The number of urea groups is 1. The van der Waals surface area contributed by atoms with Crippen LogP contribution in [0.15, 0.2) is 30.9 Å². The Balaban J connectivity index is 2.44. The Hall–Kier alpha value is -2.30. The number of amides is 3. The van der Waals surface area contributed by atoms with Crippen molar-refractivity contribution in [2.45, 2.75) is 12.5 Å². The Kier molecular flexibility index (Phi) is 2.82. The Morgan fingerprint density at radius 2 is 2.18 bits per heavy atom. The summed E-state index contributed by atoms with van der Waals surface area (Å²) in [6, 6.07) is 3.61. The number of carbonyl (C=O) groups is 2. The van der Waals surface area contributed by atoms with E-state index in [1.165, 1.54) is 6.07 Å². The number of nitrogens with one attached hydrogen (secondary N) is 2. The van der Waals surface area contributed by atoms with Gasteiger partial charge in [-0.2, -0.15) is 0 Å². The number of phenolic OH excluding ortho intramolecular Hbond substituents is 1. The highest BCUT2D eigenvalue weighted by atomic mass is 16.3. The molecule has 1 fully saturated rings. The summed E-state index contributed by atoms with van der Waals surface area (Å²) >= 11 is 0. The van der Waals surface area contributed by atoms with Gasteiger partial charge < -0.3 is 10.4 Å². The van der Waals surface area contributed by atoms with E-state index in [1.54, 1.807) is 18.2 Å². The molecule has 2 rings (SSSR count). The van der Waals surface area contributed by atoms with Crippen LogP contribution in [0.5, 0.6) is 5.75 Å². The number of imide groups is 1. The molecule has 1 saturated heterocycles. The summed E-state index contributed by atoms with van der Waals surface area (Å²) in [5.41, 5.74) is 1.19. The molecule has 0 radical (unpaired) electrons. The average Bonchev–Trinajstić information content (AvgIpc) is 2.61. The number of benzene rings is 1. The van der Waals surface area contributed by atoms with Crippen molar-refractivity contribution < 1.29 is 14.7 Å². The highest BCUT2D eigenvalue weighted by Gasteiger charge is 2.32. The Bertz CT molecular complexity index is 497. The van der Waals surface area contributed by atoms with E-state index in [9.17, 15) is 14.7 Å². The van der Waals surface area contributed by atoms with E-state index in [1.807, 2.05) is 0 Å². The van der Waals surface area contributed by atoms with Crippen molar-refractivity contribution in [2.24, 2.45) is 0 Å². The number of phenols is 1. The van der Waals surface area contributed by atoms with Gasteiger partial charge in [-0.1, -0.05) is 18.2 Å². The molecule has 1 aromatic carbocycles. The van der Waals surface area contributed by atoms with Gasteiger partial charge in [0.05, 0.1) is 0 Å². The lowest BCUT2D eigenvalue weighted by Gasteiger charge is -2.13. The van der Waals surface area contributed by atoms with E-state index in [0.29, 0.717) is 17.5 Å². The molecule has 5 heteroatoms. The first-order valence-corrected chi connectivity index (χ1v) is 5.16. The van der Waals surface area contributed by atoms with Crippen LogP contribution in [0.2, 0.25) is 0 Å². The largest absolute Gasteiger partial charge is 0.508 e. The second kappa shape index (κ2) is 4.29. The molecular formula is C12H12N2O3. The molecule has 88 valence electrons. The van der Waals surface area contributed by atoms with Crippen LogP contribution in [0.25, 0.3) is 0 Å². The molecule has 3 N–H and O–H groups in total. The van der Waals surface area contributed by atoms with Crippen LogP contribution in [0.1, 0.15) is 17.2 Å². The molecule has 0 aliphatic carbocycles. The van der Waals surface area contributed by atoms with Crippen molar-refractivity contribution in [1.29, 1.82) is 0 Å². The van der Waals surface area contributed by atoms with E-state index in [0.717, 1.165) is 0 Å². The normalized spacial score (nSPS) is 18.7. The maximum absolute atomic E-state index is 11.6. The highest BCUT2D eigenvalue weighted by molar-refractivity contribution is 6.04. The molecule has 0 aromatic heterocycles. The van der Waals surface area contributed by atoms with Crippen LogP contribution in [0.4, 0.5) is 4.79 Å². The maximum Gasteiger partial charge on any atom is 0.322 e. The molecule has 5 nitrogen and oxygen atoms in total. The first-order valence-electron chi connectivity index (χ1n) is 5.16. The molecular weight excluding hydrogens is 220 g/mol. The molecule has 1 aliphatic rings. The van der Waals surface area contributed by atoms with Crippen LogP contribution in [0.3, 0.4) is 0 Å². The number of hydrogen-bond acceptors (Lipinski definition) is 3. The molecule has 1 aromatic rings. The number of allylic oxidation sites excluding steroid dienone is 1. The van der Waals surface area contributed by atoms with Crippen LogP contribution < -0.4 is 10.6 Å². The van der Waals surface area contributed by atoms with E-state index in [2.05, 4.69) is 17.2 Å². The maximum atomic E-state index is 11.6. The number of aromatic hydroxyl groups is 1. The van der Waals surface area contributed by atoms with Crippen molar-refractivity contribution in [2.75, 3.05) is 0 Å². The molecule has 1 unspecified atom stereocenters. The fourth-order valence-electron chi connectivity index (χ4n) is 1.86. The van der Waals surface area contributed by atoms with Gasteiger partial charge in [-0.25, -0.2) is 4.79 Å². The molecule has 1 aliphatic heterocycles. The van der Waals surface area contributed by atoms with E-state index < -0.39 is 18.0 Å². The monoisotopic (exact) mass is 232 g/mol. The van der Waals surface area contributed by atoms with E-state index in [-0.39, 0.29) is 5.75 Å². The first kappa shape index (κ1) is 11.2. The summed E-state index contributed by atoms with van der Waals surface area (Å²) < 4.78 is 0. The lowest BCUT2D eigenvalue weighted by atomic mass is 9.97. The molecule has 0 spiro atoms. The van der Waals surface area contributed by atoms with Gasteiger partial charge in [0, 0.05) is 5.56 Å². The third kappa shape index (κ3) is 1.99. The van der Waals surface area contributed by atoms with Gasteiger partial charge in [-0.05, 0) is 18.1 Å². The van der Waals surface area contributed by atoms with Crippen molar-refractivity contribution in [1.82, 2.24) is 10.6 Å². The van der Waals surface area contributed by atoms with Crippen LogP contribution >= 0.6 is 0 Å². The zero-order valence-corrected chi connectivity index (χ0v) is 9.06. The fourth-order valence-corrected chi connectivity index (χ4v) is 1.86. The van der Waals surface area contributed by atoms with Gasteiger partial charge in [-0.3, -0.25) is 10.1 Å². The third-order valence-corrected chi connectivity index (χ3v) is 2.62. The van der Waals surface area contributed by atoms with Crippen molar-refractivity contribution in [3.05, 3.63) is 42.0 Å². The third-order valence-electron chi connectivity index (χ3n) is 2.62. The second-order valence-corrected chi connectivity index (χ2v) is 3.73. The molecule has 0 saturated carbocycles. The Labute approximate surface area is 98.1 Å². The van der Waals surface area contributed by atoms with Gasteiger partial charge in [0.15, 0.2) is 0 Å². The van der Waals surface area contributed by atoms with E-state index >= 15 is 0 Å². The summed E-state index contributed by atoms with van der Waals surface area (Å²) in [5, 5.41) is 14.4. The smallest absolute Gasteiger partial charge is 0.322 e. The molecule has 3 amide bonds. The predicted molar refractivity (Wildman–Crippen MR) is 61.4 cm³/mol. The fraction of sp³-hybridized carbons (Fsp3) is 0.167. The number of rotatable bonds is 3. The molecule has 0 bridgehead atoms. The Morgan fingerprint density at radius 3 is 2.76 bits per heavy atom. The van der Waals surface area contributed by atoms with E-state index in [4.69, 9.17) is 0 Å². The minimum Gasteiger partial charge on any atom is -0.508 e. The number of carbonyl (C=O) groups excluding carboxylic acids is 2. The minimum absolute atomic E-state index is 0.0938. The quantitative estimate of drug-likeness (QED) is 0.537. The summed E-state index contributed by atoms with van der Waals surface area (Å²) in [6.45, 7) is 3.60. The molecule has 1 atom stereocenters. The van der Waals surface area contributed by atoms with Gasteiger partial charge >= 0.3 is 6.03 Å². The molecule has 1 heterocycles. The zero-order valence-electron chi connectivity index (χ0n) is 9.06. The standard InChI is InChI=1S/C12H12N2O3/c1-2-4-7-8(5-3-6-9(7)15)10-11(16)14-12(17)13-10/h2-3,5-6,10,15H,1,4H2,(H2,13,14,16,17). The lowest BCUT2D eigenvalue weighted by Crippen LogP contribution is -2.22. The van der Waals surface area contributed by atoms with Crippen molar-refractivity contribution in [3.63, 3.8) is 0 Å². The summed E-state index contributed by atoms with van der Waals surface area (Å²) in [6.07, 6.45) is 2.06. The lowest BCUT2D eigenvalue weighted by molar-refractivity contribution is -0.120. The topological polar surface area (TPSA) is 78.4 Å². The van der Waals surface area contributed by atoms with Crippen LogP contribution in [-0.2, 0) is 11.2 Å².